The van der Waals surface area contributed by atoms with Crippen LogP contribution in [0.5, 0.6) is 5.75 Å². The number of amides is 1. The highest BCUT2D eigenvalue weighted by atomic mass is 32.2. The molecule has 2 aromatic rings. The fraction of sp³-hybridized carbons (Fsp3) is 0.391. The number of ether oxygens (including phenoxy) is 2. The van der Waals surface area contributed by atoms with E-state index >= 15 is 0 Å². The number of piperazine rings is 1. The SMILES string of the molecule is COCCNC(=O)c1ccc(N2CCNCC2)c(NS(=O)(=O)c2ccc(OC)cc2)c1.O=C(O)C(F)(F)F. The van der Waals surface area contributed by atoms with E-state index in [0.29, 0.717) is 30.2 Å². The molecule has 4 N–H and O–H groups in total. The number of alkyl halides is 3. The minimum Gasteiger partial charge on any atom is -0.497 e. The number of carboxylic acid groups (broad SMARTS) is 1. The zero-order valence-corrected chi connectivity index (χ0v) is 21.5. The summed E-state index contributed by atoms with van der Waals surface area (Å²) in [6, 6.07) is 11.2. The molecular formula is C23H29F3N4O7S. The predicted octanol–water partition coefficient (Wildman–Crippen LogP) is 1.92. The number of methoxy groups -OCH3 is 2. The standard InChI is InChI=1S/C21H28N4O5S.C2HF3O2/c1-29-14-11-23-21(26)16-3-8-20(25-12-9-22-10-13-25)19(15-16)24-31(27,28)18-6-4-17(30-2)5-7-18;3-2(4,5)1(6)7/h3-8,15,22,24H,9-14H2,1-2H3,(H,23,26);(H,6,7). The van der Waals surface area contributed by atoms with Crippen molar-refractivity contribution in [3.8, 4) is 5.75 Å². The fourth-order valence-electron chi connectivity index (χ4n) is 3.27. The number of sulfonamides is 1. The van der Waals surface area contributed by atoms with Gasteiger partial charge >= 0.3 is 12.1 Å². The van der Waals surface area contributed by atoms with Crippen molar-refractivity contribution in [2.75, 3.05) is 63.2 Å². The molecule has 0 aromatic heterocycles. The van der Waals surface area contributed by atoms with E-state index in [-0.39, 0.29) is 10.8 Å². The van der Waals surface area contributed by atoms with Gasteiger partial charge < -0.3 is 30.1 Å². The lowest BCUT2D eigenvalue weighted by atomic mass is 10.1. The van der Waals surface area contributed by atoms with Gasteiger partial charge in [-0.2, -0.15) is 13.2 Å². The number of nitrogens with one attached hydrogen (secondary N) is 3. The number of carbonyl (C=O) groups is 2. The van der Waals surface area contributed by atoms with Gasteiger partial charge in [-0.25, -0.2) is 13.2 Å². The Morgan fingerprint density at radius 3 is 2.21 bits per heavy atom. The summed E-state index contributed by atoms with van der Waals surface area (Å²) in [6.07, 6.45) is -5.08. The molecule has 1 amide bonds. The second-order valence-electron chi connectivity index (χ2n) is 7.80. The van der Waals surface area contributed by atoms with Crippen LogP contribution in [0.15, 0.2) is 47.4 Å². The van der Waals surface area contributed by atoms with Crippen LogP contribution in [0, 0.1) is 0 Å². The van der Waals surface area contributed by atoms with Gasteiger partial charge in [0, 0.05) is 45.4 Å². The van der Waals surface area contributed by atoms with Crippen LogP contribution >= 0.6 is 0 Å². The third kappa shape index (κ3) is 9.08. The summed E-state index contributed by atoms with van der Waals surface area (Å²) >= 11 is 0. The summed E-state index contributed by atoms with van der Waals surface area (Å²) in [4.78, 5) is 23.6. The Morgan fingerprint density at radius 1 is 1.08 bits per heavy atom. The summed E-state index contributed by atoms with van der Waals surface area (Å²) < 4.78 is 70.5. The van der Waals surface area contributed by atoms with Crippen molar-refractivity contribution < 1.29 is 45.8 Å². The van der Waals surface area contributed by atoms with Crippen LogP contribution in [-0.2, 0) is 19.6 Å². The molecule has 0 saturated carbocycles. The lowest BCUT2D eigenvalue weighted by Gasteiger charge is -2.31. The predicted molar refractivity (Wildman–Crippen MR) is 133 cm³/mol. The lowest BCUT2D eigenvalue weighted by Crippen LogP contribution is -2.43. The molecule has 210 valence electrons. The van der Waals surface area contributed by atoms with Crippen molar-refractivity contribution in [1.82, 2.24) is 10.6 Å². The fourth-order valence-corrected chi connectivity index (χ4v) is 4.33. The van der Waals surface area contributed by atoms with Gasteiger partial charge in [0.05, 0.1) is 30.0 Å². The van der Waals surface area contributed by atoms with E-state index in [4.69, 9.17) is 19.4 Å². The minimum absolute atomic E-state index is 0.106. The maximum absolute atomic E-state index is 13.0. The number of hydrogen-bond donors (Lipinski definition) is 4. The van der Waals surface area contributed by atoms with Gasteiger partial charge in [-0.1, -0.05) is 0 Å². The minimum atomic E-state index is -5.08. The Bertz CT molecular complexity index is 1190. The second-order valence-corrected chi connectivity index (χ2v) is 9.48. The Labute approximate surface area is 218 Å². The maximum atomic E-state index is 13.0. The summed E-state index contributed by atoms with van der Waals surface area (Å²) in [6.45, 7) is 3.81. The number of aliphatic carboxylic acids is 1. The smallest absolute Gasteiger partial charge is 0.490 e. The summed E-state index contributed by atoms with van der Waals surface area (Å²) in [5.74, 6) is -2.49. The number of carboxylic acids is 1. The highest BCUT2D eigenvalue weighted by Crippen LogP contribution is 2.30. The maximum Gasteiger partial charge on any atom is 0.490 e. The highest BCUT2D eigenvalue weighted by molar-refractivity contribution is 7.92. The monoisotopic (exact) mass is 562 g/mol. The third-order valence-electron chi connectivity index (χ3n) is 5.16. The second kappa shape index (κ2) is 13.8. The van der Waals surface area contributed by atoms with Crippen LogP contribution in [-0.4, -0.2) is 85.1 Å². The van der Waals surface area contributed by atoms with Gasteiger partial charge in [-0.3, -0.25) is 9.52 Å². The van der Waals surface area contributed by atoms with E-state index in [2.05, 4.69) is 20.3 Å². The van der Waals surface area contributed by atoms with E-state index < -0.39 is 22.2 Å². The molecule has 0 unspecified atom stereocenters. The Hall–Kier alpha value is -3.56. The highest BCUT2D eigenvalue weighted by Gasteiger charge is 2.38. The molecule has 2 aromatic carbocycles. The first-order valence-corrected chi connectivity index (χ1v) is 12.7. The normalized spacial score (nSPS) is 13.7. The summed E-state index contributed by atoms with van der Waals surface area (Å²) in [7, 11) is -0.788. The van der Waals surface area contributed by atoms with Crippen molar-refractivity contribution in [1.29, 1.82) is 0 Å². The summed E-state index contributed by atoms with van der Waals surface area (Å²) in [5.41, 5.74) is 1.45. The van der Waals surface area contributed by atoms with Gasteiger partial charge in [0.1, 0.15) is 5.75 Å². The first-order chi connectivity index (χ1) is 17.9. The van der Waals surface area contributed by atoms with Crippen LogP contribution < -0.4 is 25.0 Å². The molecule has 0 atom stereocenters. The molecule has 0 radical (unpaired) electrons. The van der Waals surface area contributed by atoms with Gasteiger partial charge in [-0.05, 0) is 42.5 Å². The number of hydrogen-bond acceptors (Lipinski definition) is 8. The van der Waals surface area contributed by atoms with E-state index in [1.54, 1.807) is 37.4 Å². The van der Waals surface area contributed by atoms with E-state index in [1.807, 2.05) is 0 Å². The molecule has 11 nitrogen and oxygen atoms in total. The van der Waals surface area contributed by atoms with Crippen LogP contribution in [0.3, 0.4) is 0 Å². The molecule has 1 heterocycles. The third-order valence-corrected chi connectivity index (χ3v) is 6.55. The van der Waals surface area contributed by atoms with Crippen molar-refractivity contribution in [3.63, 3.8) is 0 Å². The Morgan fingerprint density at radius 2 is 1.68 bits per heavy atom. The molecule has 0 bridgehead atoms. The molecule has 1 aliphatic heterocycles. The molecular weight excluding hydrogens is 533 g/mol. The number of carbonyl (C=O) groups excluding carboxylic acids is 1. The van der Waals surface area contributed by atoms with Gasteiger partial charge in [-0.15, -0.1) is 0 Å². The Kier molecular flexibility index (Phi) is 11.2. The number of rotatable bonds is 9. The van der Waals surface area contributed by atoms with Gasteiger partial charge in [0.25, 0.3) is 15.9 Å². The average molecular weight is 563 g/mol. The molecule has 1 aliphatic rings. The van der Waals surface area contributed by atoms with E-state index in [9.17, 15) is 26.4 Å². The van der Waals surface area contributed by atoms with E-state index in [0.717, 1.165) is 31.9 Å². The zero-order valence-electron chi connectivity index (χ0n) is 20.7. The average Bonchev–Trinajstić information content (AvgIpc) is 2.89. The molecule has 3 rings (SSSR count). The van der Waals surface area contributed by atoms with Crippen LogP contribution in [0.1, 0.15) is 10.4 Å². The quantitative estimate of drug-likeness (QED) is 0.337. The largest absolute Gasteiger partial charge is 0.497 e. The molecule has 0 spiro atoms. The summed E-state index contributed by atoms with van der Waals surface area (Å²) in [5, 5.41) is 13.2. The molecule has 0 aliphatic carbocycles. The number of nitrogens with zero attached hydrogens (tertiary/aromatic N) is 1. The molecule has 1 saturated heterocycles. The number of benzene rings is 2. The van der Waals surface area contributed by atoms with Gasteiger partial charge in [0.2, 0.25) is 0 Å². The van der Waals surface area contributed by atoms with Gasteiger partial charge in [0.15, 0.2) is 0 Å². The lowest BCUT2D eigenvalue weighted by molar-refractivity contribution is -0.192. The molecule has 38 heavy (non-hydrogen) atoms. The number of halogens is 3. The van der Waals surface area contributed by atoms with Crippen molar-refractivity contribution in [2.45, 2.75) is 11.1 Å². The molecule has 15 heteroatoms. The van der Waals surface area contributed by atoms with Crippen molar-refractivity contribution in [3.05, 3.63) is 48.0 Å². The topological polar surface area (TPSA) is 146 Å². The Balaban J connectivity index is 0.000000638. The number of anilines is 2. The molecule has 1 fully saturated rings. The van der Waals surface area contributed by atoms with Crippen LogP contribution in [0.2, 0.25) is 0 Å². The van der Waals surface area contributed by atoms with Crippen molar-refractivity contribution >= 4 is 33.3 Å². The van der Waals surface area contributed by atoms with Crippen LogP contribution in [0.25, 0.3) is 0 Å². The first-order valence-electron chi connectivity index (χ1n) is 11.2. The van der Waals surface area contributed by atoms with Crippen molar-refractivity contribution in [2.24, 2.45) is 0 Å². The zero-order chi connectivity index (χ0) is 28.3. The van der Waals surface area contributed by atoms with E-state index in [1.165, 1.54) is 19.2 Å². The van der Waals surface area contributed by atoms with Crippen LogP contribution in [0.4, 0.5) is 24.5 Å². The first kappa shape index (κ1) is 30.7.